The zero-order valence-electron chi connectivity index (χ0n) is 27.7. The van der Waals surface area contributed by atoms with Gasteiger partial charge in [-0.25, -0.2) is 0 Å². The predicted octanol–water partition coefficient (Wildman–Crippen LogP) is 14.8. The van der Waals surface area contributed by atoms with Crippen LogP contribution >= 0.6 is 11.3 Å². The molecule has 0 aliphatic rings. The second-order valence-electron chi connectivity index (χ2n) is 13.6. The van der Waals surface area contributed by atoms with Crippen molar-refractivity contribution in [3.05, 3.63) is 182 Å². The second kappa shape index (κ2) is 11.1. The lowest BCUT2D eigenvalue weighted by Crippen LogP contribution is -1.91. The van der Waals surface area contributed by atoms with E-state index in [9.17, 15) is 0 Å². The van der Waals surface area contributed by atoms with Crippen LogP contribution in [0.15, 0.2) is 182 Å². The van der Waals surface area contributed by atoms with Crippen LogP contribution in [0.25, 0.3) is 107 Å². The van der Waals surface area contributed by atoms with Gasteiger partial charge in [-0.15, -0.1) is 11.3 Å². The van der Waals surface area contributed by atoms with Crippen molar-refractivity contribution < 1.29 is 0 Å². The fourth-order valence-corrected chi connectivity index (χ4v) is 9.77. The molecule has 0 nitrogen and oxygen atoms in total. The third-order valence-electron chi connectivity index (χ3n) is 10.8. The second-order valence-corrected chi connectivity index (χ2v) is 14.6. The maximum atomic E-state index is 2.46. The Labute approximate surface area is 299 Å². The zero-order chi connectivity index (χ0) is 33.5. The van der Waals surface area contributed by atoms with Gasteiger partial charge < -0.3 is 0 Å². The Kier molecular flexibility index (Phi) is 6.22. The molecule has 1 heterocycles. The summed E-state index contributed by atoms with van der Waals surface area (Å²) < 4.78 is 2.69. The third-order valence-corrected chi connectivity index (χ3v) is 12.0. The largest absolute Gasteiger partial charge is 0.135 e. The summed E-state index contributed by atoms with van der Waals surface area (Å²) in [5.74, 6) is 0. The van der Waals surface area contributed by atoms with E-state index in [2.05, 4.69) is 182 Å². The maximum absolute atomic E-state index is 2.46. The van der Waals surface area contributed by atoms with Gasteiger partial charge in [0, 0.05) is 25.6 Å². The molecule has 0 bridgehead atoms. The Balaban J connectivity index is 1.17. The Hall–Kier alpha value is -6.28. The van der Waals surface area contributed by atoms with E-state index in [1.54, 1.807) is 0 Å². The van der Waals surface area contributed by atoms with E-state index in [0.29, 0.717) is 0 Å². The van der Waals surface area contributed by atoms with Crippen molar-refractivity contribution in [2.45, 2.75) is 0 Å². The molecule has 0 N–H and O–H groups in total. The van der Waals surface area contributed by atoms with Crippen molar-refractivity contribution in [1.29, 1.82) is 0 Å². The first-order chi connectivity index (χ1) is 25.3. The lowest BCUT2D eigenvalue weighted by atomic mass is 9.85. The zero-order valence-corrected chi connectivity index (χ0v) is 28.5. The molecule has 236 valence electrons. The molecule has 0 saturated carbocycles. The van der Waals surface area contributed by atoms with Crippen LogP contribution < -0.4 is 0 Å². The number of hydrogen-bond acceptors (Lipinski definition) is 1. The van der Waals surface area contributed by atoms with Gasteiger partial charge in [-0.2, -0.15) is 0 Å². The minimum atomic E-state index is 1.23. The Morgan fingerprint density at radius 1 is 0.275 bits per heavy atom. The molecule has 51 heavy (non-hydrogen) atoms. The van der Waals surface area contributed by atoms with E-state index in [4.69, 9.17) is 0 Å². The fraction of sp³-hybridized carbons (Fsp3) is 0. The van der Waals surface area contributed by atoms with E-state index in [1.165, 1.54) is 107 Å². The average molecular weight is 663 g/mol. The minimum Gasteiger partial charge on any atom is -0.135 e. The molecule has 0 radical (unpaired) electrons. The summed E-state index contributed by atoms with van der Waals surface area (Å²) in [5, 5.41) is 15.6. The monoisotopic (exact) mass is 662 g/mol. The number of thiophene rings is 1. The molecule has 0 spiro atoms. The highest BCUT2D eigenvalue weighted by Crippen LogP contribution is 2.48. The van der Waals surface area contributed by atoms with E-state index in [1.807, 2.05) is 11.3 Å². The van der Waals surface area contributed by atoms with Crippen molar-refractivity contribution >= 4 is 85.4 Å². The van der Waals surface area contributed by atoms with Crippen molar-refractivity contribution in [2.24, 2.45) is 0 Å². The molecule has 11 rings (SSSR count). The summed E-state index contributed by atoms with van der Waals surface area (Å²) in [6.45, 7) is 0. The quantitative estimate of drug-likeness (QED) is 0.130. The van der Waals surface area contributed by atoms with E-state index >= 15 is 0 Å². The van der Waals surface area contributed by atoms with Crippen LogP contribution in [0, 0.1) is 0 Å². The van der Waals surface area contributed by atoms with Gasteiger partial charge in [-0.05, 0) is 106 Å². The maximum Gasteiger partial charge on any atom is 0.0440 e. The van der Waals surface area contributed by atoms with Crippen LogP contribution in [-0.4, -0.2) is 0 Å². The van der Waals surface area contributed by atoms with Gasteiger partial charge in [0.15, 0.2) is 0 Å². The number of rotatable bonds is 3. The minimum absolute atomic E-state index is 1.23. The standard InChI is InChI=1S/C50H30S/c1-2-13-32-28-34(25-24-31(32)12-1)33-14-11-15-35(29-33)47-40-19-6-8-21-42(40)48(43-22-9-7-20-41(43)47)36-26-27-46-45(30-36)49-39-18-5-3-16-37(39)38-17-4-10-23-44(38)50(49)51-46/h1-30H. The van der Waals surface area contributed by atoms with Crippen molar-refractivity contribution in [1.82, 2.24) is 0 Å². The highest BCUT2D eigenvalue weighted by Gasteiger charge is 2.19. The topological polar surface area (TPSA) is 0 Å². The summed E-state index contributed by atoms with van der Waals surface area (Å²) in [6.07, 6.45) is 0. The molecule has 1 heteroatoms. The number of hydrogen-bond donors (Lipinski definition) is 0. The fourth-order valence-electron chi connectivity index (χ4n) is 8.54. The van der Waals surface area contributed by atoms with Crippen molar-refractivity contribution in [2.75, 3.05) is 0 Å². The van der Waals surface area contributed by atoms with Crippen molar-refractivity contribution in [3.8, 4) is 33.4 Å². The summed E-state index contributed by atoms with van der Waals surface area (Å²) >= 11 is 1.92. The van der Waals surface area contributed by atoms with Crippen LogP contribution in [0.1, 0.15) is 0 Å². The van der Waals surface area contributed by atoms with Crippen LogP contribution in [0.4, 0.5) is 0 Å². The highest BCUT2D eigenvalue weighted by molar-refractivity contribution is 7.27. The molecule has 0 saturated heterocycles. The number of fused-ring (bicyclic) bond motifs is 11. The third kappa shape index (κ3) is 4.32. The molecule has 1 aromatic heterocycles. The van der Waals surface area contributed by atoms with Crippen LogP contribution in [-0.2, 0) is 0 Å². The molecule has 0 aliphatic heterocycles. The molecule has 0 amide bonds. The lowest BCUT2D eigenvalue weighted by molar-refractivity contribution is 1.63. The van der Waals surface area contributed by atoms with Crippen LogP contribution in [0.2, 0.25) is 0 Å². The van der Waals surface area contributed by atoms with E-state index in [-0.39, 0.29) is 0 Å². The Morgan fingerprint density at radius 2 is 0.765 bits per heavy atom. The highest BCUT2D eigenvalue weighted by atomic mass is 32.1. The van der Waals surface area contributed by atoms with Gasteiger partial charge in [0.25, 0.3) is 0 Å². The van der Waals surface area contributed by atoms with E-state index < -0.39 is 0 Å². The summed E-state index contributed by atoms with van der Waals surface area (Å²) in [6, 6.07) is 67.4. The molecule has 0 aliphatic carbocycles. The van der Waals surface area contributed by atoms with Gasteiger partial charge in [-0.1, -0.05) is 158 Å². The van der Waals surface area contributed by atoms with Gasteiger partial charge in [0.1, 0.15) is 0 Å². The molecule has 0 fully saturated rings. The molecular weight excluding hydrogens is 633 g/mol. The van der Waals surface area contributed by atoms with Gasteiger partial charge in [-0.3, -0.25) is 0 Å². The molecule has 0 atom stereocenters. The normalized spacial score (nSPS) is 11.9. The number of benzene rings is 10. The smallest absolute Gasteiger partial charge is 0.0440 e. The summed E-state index contributed by atoms with van der Waals surface area (Å²) in [7, 11) is 0. The summed E-state index contributed by atoms with van der Waals surface area (Å²) in [5.41, 5.74) is 7.53. The molecular formula is C50H30S. The van der Waals surface area contributed by atoms with Gasteiger partial charge >= 0.3 is 0 Å². The first kappa shape index (κ1) is 28.5. The lowest BCUT2D eigenvalue weighted by Gasteiger charge is -2.18. The average Bonchev–Trinajstić information content (AvgIpc) is 3.59. The van der Waals surface area contributed by atoms with Crippen LogP contribution in [0.3, 0.4) is 0 Å². The van der Waals surface area contributed by atoms with E-state index in [0.717, 1.165) is 0 Å². The first-order valence-corrected chi connectivity index (χ1v) is 18.4. The predicted molar refractivity (Wildman–Crippen MR) is 223 cm³/mol. The summed E-state index contributed by atoms with van der Waals surface area (Å²) in [4.78, 5) is 0. The van der Waals surface area contributed by atoms with Crippen molar-refractivity contribution in [3.63, 3.8) is 0 Å². The Morgan fingerprint density at radius 3 is 1.45 bits per heavy atom. The Bertz CT molecular complexity index is 3140. The SMILES string of the molecule is c1cc(-c2ccc3ccccc3c2)cc(-c2c3ccccc3c(-c3ccc4sc5c6ccccc6c6ccccc6c5c4c3)c3ccccc23)c1. The van der Waals surface area contributed by atoms with Crippen LogP contribution in [0.5, 0.6) is 0 Å². The molecule has 10 aromatic carbocycles. The van der Waals surface area contributed by atoms with Gasteiger partial charge in [0.2, 0.25) is 0 Å². The molecule has 11 aromatic rings. The molecule has 0 unspecified atom stereocenters. The van der Waals surface area contributed by atoms with Gasteiger partial charge in [0.05, 0.1) is 0 Å². The first-order valence-electron chi connectivity index (χ1n) is 17.6.